The van der Waals surface area contributed by atoms with E-state index in [9.17, 15) is 4.79 Å². The van der Waals surface area contributed by atoms with Crippen LogP contribution in [0, 0.1) is 0 Å². The number of thioether (sulfide) groups is 1. The van der Waals surface area contributed by atoms with E-state index in [1.165, 1.54) is 34.4 Å². The monoisotopic (exact) mass is 337 g/mol. The average molecular weight is 337 g/mol. The fraction of sp³-hybridized carbons (Fsp3) is 0.167. The molecule has 0 amide bonds. The highest BCUT2D eigenvalue weighted by atomic mass is 32.2. The van der Waals surface area contributed by atoms with Crippen LogP contribution in [-0.2, 0) is 5.75 Å². The van der Waals surface area contributed by atoms with E-state index in [1.807, 2.05) is 11.4 Å². The van der Waals surface area contributed by atoms with Crippen molar-refractivity contribution in [1.29, 1.82) is 0 Å². The van der Waals surface area contributed by atoms with Crippen molar-refractivity contribution in [2.45, 2.75) is 10.1 Å². The first-order valence-corrected chi connectivity index (χ1v) is 8.72. The Morgan fingerprint density at radius 2 is 2.38 bits per heavy atom. The van der Waals surface area contributed by atoms with Crippen LogP contribution in [0.3, 0.4) is 0 Å². The van der Waals surface area contributed by atoms with Gasteiger partial charge in [0.1, 0.15) is 10.5 Å². The molecule has 6 nitrogen and oxygen atoms in total. The van der Waals surface area contributed by atoms with Crippen molar-refractivity contribution in [3.05, 3.63) is 40.3 Å². The lowest BCUT2D eigenvalue weighted by molar-refractivity contribution is 0.999. The highest BCUT2D eigenvalue weighted by molar-refractivity contribution is 8.00. The molecule has 0 aliphatic heterocycles. The molecule has 0 fully saturated rings. The molecule has 0 aliphatic carbocycles. The van der Waals surface area contributed by atoms with Crippen LogP contribution in [0.4, 0.5) is 5.13 Å². The molecule has 3 rings (SSSR count). The van der Waals surface area contributed by atoms with Crippen LogP contribution in [0.1, 0.15) is 5.82 Å². The van der Waals surface area contributed by atoms with Gasteiger partial charge >= 0.3 is 0 Å². The van der Waals surface area contributed by atoms with Gasteiger partial charge in [0.25, 0.3) is 5.56 Å². The maximum atomic E-state index is 11.9. The van der Waals surface area contributed by atoms with Gasteiger partial charge in [-0.1, -0.05) is 29.2 Å². The summed E-state index contributed by atoms with van der Waals surface area (Å²) >= 11 is 4.36. The van der Waals surface area contributed by atoms with Crippen molar-refractivity contribution in [2.75, 3.05) is 11.9 Å². The summed E-state index contributed by atoms with van der Waals surface area (Å²) in [6.07, 6.45) is 1.76. The summed E-state index contributed by atoms with van der Waals surface area (Å²) < 4.78 is 1.49. The predicted molar refractivity (Wildman–Crippen MR) is 88.4 cm³/mol. The molecule has 0 radical (unpaired) electrons. The lowest BCUT2D eigenvalue weighted by Crippen LogP contribution is -2.09. The third-order valence-corrected chi connectivity index (χ3v) is 5.43. The Kier molecular flexibility index (Phi) is 4.32. The molecule has 3 heterocycles. The highest BCUT2D eigenvalue weighted by Gasteiger charge is 2.08. The Hall–Kier alpha value is -1.71. The molecule has 9 heteroatoms. The Morgan fingerprint density at radius 3 is 3.24 bits per heavy atom. The summed E-state index contributed by atoms with van der Waals surface area (Å²) in [4.78, 5) is 19.1. The molecular formula is C12H11N5OS3. The number of H-pyrrole nitrogens is 1. The van der Waals surface area contributed by atoms with Crippen LogP contribution in [0.5, 0.6) is 0 Å². The molecule has 0 atom stereocenters. The zero-order valence-corrected chi connectivity index (χ0v) is 13.3. The van der Waals surface area contributed by atoms with Gasteiger partial charge in [-0.25, -0.2) is 4.98 Å². The van der Waals surface area contributed by atoms with Gasteiger partial charge in [0.2, 0.25) is 5.13 Å². The summed E-state index contributed by atoms with van der Waals surface area (Å²) in [5.41, 5.74) is 0.654. The molecular weight excluding hydrogens is 326 g/mol. The van der Waals surface area contributed by atoms with Gasteiger partial charge in [0.05, 0.1) is 11.3 Å². The van der Waals surface area contributed by atoms with Gasteiger partial charge in [-0.3, -0.25) is 4.79 Å². The van der Waals surface area contributed by atoms with E-state index in [1.54, 1.807) is 6.08 Å². The molecule has 0 bridgehead atoms. The van der Waals surface area contributed by atoms with Gasteiger partial charge in [-0.15, -0.1) is 28.1 Å². The zero-order chi connectivity index (χ0) is 14.7. The summed E-state index contributed by atoms with van der Waals surface area (Å²) in [7, 11) is 0. The fourth-order valence-electron chi connectivity index (χ4n) is 1.62. The number of aromatic nitrogens is 4. The topological polar surface area (TPSA) is 83.6 Å². The maximum Gasteiger partial charge on any atom is 0.268 e. The summed E-state index contributed by atoms with van der Waals surface area (Å²) in [6, 6.07) is 1.85. The van der Waals surface area contributed by atoms with E-state index < -0.39 is 0 Å². The molecule has 0 spiro atoms. The molecule has 2 N–H and O–H groups in total. The van der Waals surface area contributed by atoms with Crippen molar-refractivity contribution in [3.63, 3.8) is 0 Å². The molecule has 0 unspecified atom stereocenters. The Labute approximate surface area is 132 Å². The molecule has 108 valence electrons. The van der Waals surface area contributed by atoms with Crippen LogP contribution in [0.2, 0.25) is 0 Å². The van der Waals surface area contributed by atoms with Crippen molar-refractivity contribution < 1.29 is 0 Å². The van der Waals surface area contributed by atoms with E-state index in [2.05, 4.69) is 32.1 Å². The normalized spacial score (nSPS) is 10.9. The van der Waals surface area contributed by atoms with Gasteiger partial charge in [-0.05, 0) is 11.4 Å². The minimum absolute atomic E-state index is 0.0868. The van der Waals surface area contributed by atoms with Gasteiger partial charge in [-0.2, -0.15) is 0 Å². The van der Waals surface area contributed by atoms with Crippen molar-refractivity contribution in [1.82, 2.24) is 20.2 Å². The van der Waals surface area contributed by atoms with E-state index in [0.717, 1.165) is 15.0 Å². The van der Waals surface area contributed by atoms with Crippen LogP contribution in [-0.4, -0.2) is 26.7 Å². The second kappa shape index (κ2) is 6.37. The number of rotatable bonds is 6. The predicted octanol–water partition coefficient (Wildman–Crippen LogP) is 2.73. The number of hydrogen-bond donors (Lipinski definition) is 2. The first kappa shape index (κ1) is 14.2. The van der Waals surface area contributed by atoms with Gasteiger partial charge in [0.15, 0.2) is 4.34 Å². The number of thiophene rings is 1. The number of nitrogens with zero attached hydrogens (tertiary/aromatic N) is 3. The SMILES string of the molecule is C=CCNc1nnc(SCc2nc3ccsc3c(=O)[nH]2)s1. The summed E-state index contributed by atoms with van der Waals surface area (Å²) in [5, 5.41) is 13.8. The van der Waals surface area contributed by atoms with Crippen LogP contribution < -0.4 is 10.9 Å². The quantitative estimate of drug-likeness (QED) is 0.531. The third kappa shape index (κ3) is 3.31. The first-order chi connectivity index (χ1) is 10.3. The highest BCUT2D eigenvalue weighted by Crippen LogP contribution is 2.27. The zero-order valence-electron chi connectivity index (χ0n) is 10.8. The summed E-state index contributed by atoms with van der Waals surface area (Å²) in [5.74, 6) is 1.20. The molecule has 0 saturated heterocycles. The smallest absolute Gasteiger partial charge is 0.268 e. The fourth-order valence-corrected chi connectivity index (χ4v) is 3.97. The second-order valence-electron chi connectivity index (χ2n) is 3.98. The Bertz CT molecular complexity index is 822. The Balaban J connectivity index is 1.69. The number of fused-ring (bicyclic) bond motifs is 1. The van der Waals surface area contributed by atoms with E-state index >= 15 is 0 Å². The molecule has 0 aliphatic rings. The minimum atomic E-state index is -0.0868. The molecule has 0 aromatic carbocycles. The molecule has 21 heavy (non-hydrogen) atoms. The van der Waals surface area contributed by atoms with E-state index in [-0.39, 0.29) is 5.56 Å². The Morgan fingerprint density at radius 1 is 1.48 bits per heavy atom. The van der Waals surface area contributed by atoms with Crippen LogP contribution >= 0.6 is 34.4 Å². The first-order valence-electron chi connectivity index (χ1n) is 6.04. The lowest BCUT2D eigenvalue weighted by Gasteiger charge is -1.98. The van der Waals surface area contributed by atoms with E-state index in [4.69, 9.17) is 0 Å². The van der Waals surface area contributed by atoms with Gasteiger partial charge in [0, 0.05) is 6.54 Å². The summed E-state index contributed by atoms with van der Waals surface area (Å²) in [6.45, 7) is 4.29. The van der Waals surface area contributed by atoms with Crippen molar-refractivity contribution in [3.8, 4) is 0 Å². The average Bonchev–Trinajstić information content (AvgIpc) is 3.12. The number of aromatic amines is 1. The number of nitrogens with one attached hydrogen (secondary N) is 2. The van der Waals surface area contributed by atoms with Crippen molar-refractivity contribution >= 4 is 49.8 Å². The number of anilines is 1. The lowest BCUT2D eigenvalue weighted by atomic mass is 10.4. The minimum Gasteiger partial charge on any atom is -0.357 e. The van der Waals surface area contributed by atoms with Gasteiger partial charge < -0.3 is 10.3 Å². The van der Waals surface area contributed by atoms with Crippen LogP contribution in [0.15, 0.2) is 33.2 Å². The maximum absolute atomic E-state index is 11.9. The number of hydrogen-bond acceptors (Lipinski definition) is 8. The molecule has 3 aromatic heterocycles. The molecule has 3 aromatic rings. The van der Waals surface area contributed by atoms with Crippen LogP contribution in [0.25, 0.3) is 10.2 Å². The second-order valence-corrected chi connectivity index (χ2v) is 7.10. The van der Waals surface area contributed by atoms with Crippen molar-refractivity contribution in [2.24, 2.45) is 0 Å². The van der Waals surface area contributed by atoms with E-state index in [0.29, 0.717) is 22.8 Å². The third-order valence-electron chi connectivity index (χ3n) is 2.50. The standard InChI is InChI=1S/C12H11N5OS3/c1-2-4-13-11-16-17-12(21-11)20-6-8-14-7-3-5-19-9(7)10(18)15-8/h2-3,5H,1,4,6H2,(H,13,16)(H,14,15,18). The molecule has 0 saturated carbocycles. The largest absolute Gasteiger partial charge is 0.357 e.